The molecule has 0 aromatic heterocycles. The van der Waals surface area contributed by atoms with E-state index in [1.54, 1.807) is 20.3 Å². The molecule has 0 saturated carbocycles. The van der Waals surface area contributed by atoms with Crippen LogP contribution in [0, 0.1) is 0 Å². The number of alkyl halides is 3. The molecule has 2 aromatic rings. The van der Waals surface area contributed by atoms with Gasteiger partial charge in [-0.2, -0.15) is 13.2 Å². The molecule has 0 bridgehead atoms. The van der Waals surface area contributed by atoms with Crippen LogP contribution in [0.4, 0.5) is 13.2 Å². The summed E-state index contributed by atoms with van der Waals surface area (Å²) in [7, 11) is 3.15. The van der Waals surface area contributed by atoms with Gasteiger partial charge in [-0.05, 0) is 58.6 Å². The summed E-state index contributed by atoms with van der Waals surface area (Å²) in [4.78, 5) is 0.483. The third kappa shape index (κ3) is 6.69. The quantitative estimate of drug-likeness (QED) is 0.280. The van der Waals surface area contributed by atoms with Gasteiger partial charge in [-0.25, -0.2) is 4.31 Å². The van der Waals surface area contributed by atoms with Crippen molar-refractivity contribution in [2.45, 2.75) is 31.0 Å². The van der Waals surface area contributed by atoms with Gasteiger partial charge in [0, 0.05) is 34.1 Å². The molecule has 0 aliphatic rings. The van der Waals surface area contributed by atoms with Crippen molar-refractivity contribution in [3.63, 3.8) is 0 Å². The number of methoxy groups -OCH3 is 2. The van der Waals surface area contributed by atoms with Gasteiger partial charge in [-0.15, -0.1) is 0 Å². The second kappa shape index (κ2) is 10.4. The van der Waals surface area contributed by atoms with Crippen LogP contribution in [0.15, 0.2) is 57.9 Å². The zero-order valence-electron chi connectivity index (χ0n) is 16.5. The van der Waals surface area contributed by atoms with E-state index in [0.717, 1.165) is 29.7 Å². The molecule has 2 rings (SSSR count). The normalized spacial score (nSPS) is 11.6. The second-order valence-corrected chi connectivity index (χ2v) is 8.31. The number of rotatable bonds is 9. The van der Waals surface area contributed by atoms with Crippen LogP contribution in [0.3, 0.4) is 0 Å². The summed E-state index contributed by atoms with van der Waals surface area (Å²) in [6.45, 7) is 7.03. The Morgan fingerprint density at radius 3 is 2.45 bits per heavy atom. The molecular formula is C21H23BrF3NO2S. The van der Waals surface area contributed by atoms with Crippen LogP contribution in [0.25, 0.3) is 0 Å². The van der Waals surface area contributed by atoms with E-state index >= 15 is 0 Å². The van der Waals surface area contributed by atoms with Crippen molar-refractivity contribution in [3.8, 4) is 11.5 Å². The van der Waals surface area contributed by atoms with Crippen molar-refractivity contribution < 1.29 is 22.6 Å². The maximum Gasteiger partial charge on any atom is 0.416 e. The largest absolute Gasteiger partial charge is 0.497 e. The predicted octanol–water partition coefficient (Wildman–Crippen LogP) is 6.96. The highest BCUT2D eigenvalue weighted by Gasteiger charge is 2.31. The summed E-state index contributed by atoms with van der Waals surface area (Å²) in [6.07, 6.45) is -3.62. The Morgan fingerprint density at radius 2 is 1.86 bits per heavy atom. The molecule has 0 N–H and O–H groups in total. The van der Waals surface area contributed by atoms with Gasteiger partial charge in [-0.1, -0.05) is 25.1 Å². The molecular weight excluding hydrogens is 467 g/mol. The van der Waals surface area contributed by atoms with Crippen LogP contribution in [0.1, 0.15) is 24.5 Å². The lowest BCUT2D eigenvalue weighted by atomic mass is 10.1. The van der Waals surface area contributed by atoms with Crippen molar-refractivity contribution in [1.29, 1.82) is 0 Å². The average Bonchev–Trinajstić information content (AvgIpc) is 2.68. The zero-order chi connectivity index (χ0) is 21.6. The van der Waals surface area contributed by atoms with Crippen LogP contribution in [0.2, 0.25) is 0 Å². The minimum Gasteiger partial charge on any atom is -0.497 e. The fraction of sp³-hybridized carbons (Fsp3) is 0.333. The van der Waals surface area contributed by atoms with Gasteiger partial charge in [0.2, 0.25) is 0 Å². The summed E-state index contributed by atoms with van der Waals surface area (Å²) in [5.41, 5.74) is 1.19. The molecule has 2 aromatic carbocycles. The first-order chi connectivity index (χ1) is 13.7. The van der Waals surface area contributed by atoms with Gasteiger partial charge >= 0.3 is 6.18 Å². The van der Waals surface area contributed by atoms with Crippen LogP contribution in [-0.4, -0.2) is 25.1 Å². The fourth-order valence-corrected chi connectivity index (χ4v) is 4.07. The van der Waals surface area contributed by atoms with Gasteiger partial charge in [-0.3, -0.25) is 0 Å². The Bertz CT molecular complexity index is 858. The zero-order valence-corrected chi connectivity index (χ0v) is 18.9. The van der Waals surface area contributed by atoms with E-state index in [-0.39, 0.29) is 0 Å². The Labute approximate surface area is 182 Å². The predicted molar refractivity (Wildman–Crippen MR) is 114 cm³/mol. The molecule has 29 heavy (non-hydrogen) atoms. The molecule has 3 nitrogen and oxygen atoms in total. The van der Waals surface area contributed by atoms with Gasteiger partial charge < -0.3 is 9.47 Å². The van der Waals surface area contributed by atoms with E-state index in [2.05, 4.69) is 22.5 Å². The van der Waals surface area contributed by atoms with Crippen molar-refractivity contribution >= 4 is 27.9 Å². The number of ether oxygens (including phenoxy) is 2. The first-order valence-electron chi connectivity index (χ1n) is 8.85. The molecule has 0 unspecified atom stereocenters. The third-order valence-electron chi connectivity index (χ3n) is 4.23. The molecule has 0 fully saturated rings. The smallest absolute Gasteiger partial charge is 0.416 e. The third-order valence-corrected chi connectivity index (χ3v) is 6.23. The van der Waals surface area contributed by atoms with E-state index < -0.39 is 11.7 Å². The number of hydrogen-bond acceptors (Lipinski definition) is 4. The topological polar surface area (TPSA) is 21.7 Å². The summed E-state index contributed by atoms with van der Waals surface area (Å²) < 4.78 is 52.7. The van der Waals surface area contributed by atoms with Crippen molar-refractivity contribution in [3.05, 3.63) is 64.1 Å². The number of halogens is 4. The highest BCUT2D eigenvalue weighted by Crippen LogP contribution is 2.38. The summed E-state index contributed by atoms with van der Waals surface area (Å²) in [5, 5.41) is 0. The van der Waals surface area contributed by atoms with Crippen LogP contribution < -0.4 is 9.47 Å². The standard InChI is InChI=1S/C21H23BrF3NO2S/c1-5-14(2)12-26(13-15-6-8-17(27-3)11-19(15)28-4)29-20-10-16(21(23,24)25)7-9-18(20)22/h6-11H,2,5,12-13H2,1,3-4H3. The summed E-state index contributed by atoms with van der Waals surface area (Å²) in [5.74, 6) is 1.32. The molecule has 0 radical (unpaired) electrons. The lowest BCUT2D eigenvalue weighted by molar-refractivity contribution is -0.137. The van der Waals surface area contributed by atoms with Gasteiger partial charge in [0.25, 0.3) is 0 Å². The van der Waals surface area contributed by atoms with E-state index in [1.807, 2.05) is 23.4 Å². The molecule has 0 spiro atoms. The fourth-order valence-electron chi connectivity index (χ4n) is 2.54. The summed E-state index contributed by atoms with van der Waals surface area (Å²) >= 11 is 4.62. The van der Waals surface area contributed by atoms with E-state index in [1.165, 1.54) is 18.0 Å². The molecule has 0 saturated heterocycles. The molecule has 0 atom stereocenters. The number of benzene rings is 2. The highest BCUT2D eigenvalue weighted by atomic mass is 79.9. The Morgan fingerprint density at radius 1 is 1.14 bits per heavy atom. The monoisotopic (exact) mass is 489 g/mol. The lowest BCUT2D eigenvalue weighted by Crippen LogP contribution is -2.18. The van der Waals surface area contributed by atoms with Crippen molar-refractivity contribution in [1.82, 2.24) is 4.31 Å². The van der Waals surface area contributed by atoms with E-state index in [9.17, 15) is 13.2 Å². The minimum atomic E-state index is -4.40. The maximum absolute atomic E-state index is 13.1. The van der Waals surface area contributed by atoms with Gasteiger partial charge in [0.1, 0.15) is 11.5 Å². The lowest BCUT2D eigenvalue weighted by Gasteiger charge is -2.24. The number of nitrogens with zero attached hydrogens (tertiary/aromatic N) is 1. The first-order valence-corrected chi connectivity index (χ1v) is 10.4. The van der Waals surface area contributed by atoms with Crippen LogP contribution in [-0.2, 0) is 12.7 Å². The Kier molecular flexibility index (Phi) is 8.48. The average molecular weight is 490 g/mol. The van der Waals surface area contributed by atoms with Crippen molar-refractivity contribution in [2.24, 2.45) is 0 Å². The van der Waals surface area contributed by atoms with Crippen molar-refractivity contribution in [2.75, 3.05) is 20.8 Å². The highest BCUT2D eigenvalue weighted by molar-refractivity contribution is 9.10. The molecule has 8 heteroatoms. The molecule has 158 valence electrons. The van der Waals surface area contributed by atoms with Gasteiger partial charge in [0.05, 0.1) is 19.8 Å². The Hall–Kier alpha value is -1.64. The molecule has 0 aliphatic carbocycles. The van der Waals surface area contributed by atoms with Gasteiger partial charge in [0.15, 0.2) is 0 Å². The SMILES string of the molecule is C=C(CC)CN(Cc1ccc(OC)cc1OC)Sc1cc(C(F)(F)F)ccc1Br. The van der Waals surface area contributed by atoms with E-state index in [4.69, 9.17) is 9.47 Å². The molecule has 0 amide bonds. The minimum absolute atomic E-state index is 0.458. The first kappa shape index (κ1) is 23.6. The second-order valence-electron chi connectivity index (χ2n) is 6.31. The Balaban J connectivity index is 2.34. The molecule has 0 heterocycles. The van der Waals surface area contributed by atoms with Crippen LogP contribution >= 0.6 is 27.9 Å². The maximum atomic E-state index is 13.1. The molecule has 0 aliphatic heterocycles. The van der Waals surface area contributed by atoms with Crippen LogP contribution in [0.5, 0.6) is 11.5 Å². The summed E-state index contributed by atoms with van der Waals surface area (Å²) in [6, 6.07) is 9.15. The van der Waals surface area contributed by atoms with E-state index in [0.29, 0.717) is 34.0 Å². The number of hydrogen-bond donors (Lipinski definition) is 0.